The molecule has 1 fully saturated rings. The van der Waals surface area contributed by atoms with Crippen LogP contribution < -0.4 is 15.4 Å². The minimum absolute atomic E-state index is 0. The van der Waals surface area contributed by atoms with Crippen molar-refractivity contribution in [1.82, 2.24) is 10.6 Å². The van der Waals surface area contributed by atoms with Gasteiger partial charge in [0.25, 0.3) is 0 Å². The van der Waals surface area contributed by atoms with Crippen LogP contribution in [0.3, 0.4) is 0 Å². The highest BCUT2D eigenvalue weighted by molar-refractivity contribution is 5.85. The van der Waals surface area contributed by atoms with Gasteiger partial charge in [0, 0.05) is 6.42 Å². The summed E-state index contributed by atoms with van der Waals surface area (Å²) in [5.74, 6) is 2.25. The van der Waals surface area contributed by atoms with Crippen LogP contribution >= 0.6 is 12.4 Å². The Hall–Kier alpha value is -1.26. The Bertz CT molecular complexity index is 517. The zero-order valence-electron chi connectivity index (χ0n) is 13.7. The molecule has 2 aliphatic rings. The van der Waals surface area contributed by atoms with E-state index in [0.29, 0.717) is 24.9 Å². The number of halogens is 1. The minimum Gasteiger partial charge on any atom is -0.491 e. The molecule has 1 aromatic carbocycles. The maximum absolute atomic E-state index is 12.3. The van der Waals surface area contributed by atoms with E-state index in [9.17, 15) is 4.79 Å². The second kappa shape index (κ2) is 8.55. The van der Waals surface area contributed by atoms with E-state index in [4.69, 9.17) is 4.74 Å². The fourth-order valence-corrected chi connectivity index (χ4v) is 3.58. The number of amides is 1. The van der Waals surface area contributed by atoms with E-state index in [1.54, 1.807) is 0 Å². The summed E-state index contributed by atoms with van der Waals surface area (Å²) in [5, 5.41) is 6.53. The lowest BCUT2D eigenvalue weighted by atomic mass is 9.84. The highest BCUT2D eigenvalue weighted by Crippen LogP contribution is 2.26. The van der Waals surface area contributed by atoms with Crippen LogP contribution in [0.2, 0.25) is 0 Å². The lowest BCUT2D eigenvalue weighted by Crippen LogP contribution is -2.43. The Kier molecular flexibility index (Phi) is 6.72. The first-order chi connectivity index (χ1) is 10.7. The summed E-state index contributed by atoms with van der Waals surface area (Å²) in [4.78, 5) is 12.3. The van der Waals surface area contributed by atoms with E-state index >= 15 is 0 Å². The topological polar surface area (TPSA) is 50.4 Å². The third-order valence-corrected chi connectivity index (χ3v) is 4.94. The van der Waals surface area contributed by atoms with Gasteiger partial charge in [-0.15, -0.1) is 12.4 Å². The molecule has 3 rings (SSSR count). The van der Waals surface area contributed by atoms with Crippen molar-refractivity contribution in [2.45, 2.75) is 38.6 Å². The number of benzene rings is 1. The van der Waals surface area contributed by atoms with E-state index in [0.717, 1.165) is 25.3 Å². The lowest BCUT2D eigenvalue weighted by molar-refractivity contribution is -0.123. The zero-order chi connectivity index (χ0) is 15.4. The van der Waals surface area contributed by atoms with Crippen molar-refractivity contribution in [3.05, 3.63) is 29.8 Å². The number of rotatable bonds is 4. The number of piperidine rings is 1. The first kappa shape index (κ1) is 18.1. The third-order valence-electron chi connectivity index (χ3n) is 4.94. The molecule has 2 unspecified atom stereocenters. The van der Waals surface area contributed by atoms with Gasteiger partial charge in [-0.05, 0) is 55.8 Å². The molecule has 2 atom stereocenters. The molecule has 0 saturated carbocycles. The van der Waals surface area contributed by atoms with Crippen LogP contribution in [0.1, 0.15) is 31.7 Å². The van der Waals surface area contributed by atoms with E-state index in [-0.39, 0.29) is 24.4 Å². The number of nitrogens with one attached hydrogen (secondary N) is 2. The molecule has 2 N–H and O–H groups in total. The predicted molar refractivity (Wildman–Crippen MR) is 94.2 cm³/mol. The summed E-state index contributed by atoms with van der Waals surface area (Å²) < 4.78 is 5.74. The summed E-state index contributed by atoms with van der Waals surface area (Å²) in [6.07, 6.45) is 3.87. The smallest absolute Gasteiger partial charge is 0.220 e. The lowest BCUT2D eigenvalue weighted by Gasteiger charge is -2.29. The predicted octanol–water partition coefficient (Wildman–Crippen LogP) is 2.55. The first-order valence-corrected chi connectivity index (χ1v) is 8.43. The maximum atomic E-state index is 12.3. The van der Waals surface area contributed by atoms with Crippen LogP contribution in [0.4, 0.5) is 0 Å². The van der Waals surface area contributed by atoms with Gasteiger partial charge in [-0.2, -0.15) is 0 Å². The van der Waals surface area contributed by atoms with Gasteiger partial charge in [-0.1, -0.05) is 25.1 Å². The molecule has 0 aliphatic carbocycles. The van der Waals surface area contributed by atoms with Gasteiger partial charge in [0.15, 0.2) is 0 Å². The number of carbonyl (C=O) groups excluding carboxylic acids is 1. The van der Waals surface area contributed by atoms with Crippen molar-refractivity contribution in [2.24, 2.45) is 11.8 Å². The molecule has 0 radical (unpaired) electrons. The van der Waals surface area contributed by atoms with Gasteiger partial charge >= 0.3 is 0 Å². The second-order valence-corrected chi connectivity index (χ2v) is 6.66. The van der Waals surface area contributed by atoms with Gasteiger partial charge in [-0.25, -0.2) is 0 Å². The Morgan fingerprint density at radius 1 is 1.35 bits per heavy atom. The molecule has 1 aromatic rings. The van der Waals surface area contributed by atoms with Gasteiger partial charge < -0.3 is 15.4 Å². The summed E-state index contributed by atoms with van der Waals surface area (Å²) in [6, 6.07) is 8.17. The number of hydrogen-bond donors (Lipinski definition) is 2. The average molecular weight is 339 g/mol. The van der Waals surface area contributed by atoms with E-state index in [2.05, 4.69) is 23.6 Å². The molecular formula is C18H27ClN2O2. The van der Waals surface area contributed by atoms with Crippen LogP contribution in [-0.4, -0.2) is 31.6 Å². The van der Waals surface area contributed by atoms with Crippen molar-refractivity contribution in [2.75, 3.05) is 19.7 Å². The Labute approximate surface area is 144 Å². The van der Waals surface area contributed by atoms with Crippen LogP contribution in [0.5, 0.6) is 5.75 Å². The van der Waals surface area contributed by atoms with Crippen LogP contribution in [0.15, 0.2) is 24.3 Å². The second-order valence-electron chi connectivity index (χ2n) is 6.66. The molecule has 0 spiro atoms. The van der Waals surface area contributed by atoms with E-state index < -0.39 is 0 Å². The molecule has 2 heterocycles. The fourth-order valence-electron chi connectivity index (χ4n) is 3.58. The summed E-state index contributed by atoms with van der Waals surface area (Å²) in [6.45, 7) is 4.96. The molecule has 2 aliphatic heterocycles. The molecular weight excluding hydrogens is 312 g/mol. The van der Waals surface area contributed by atoms with Crippen molar-refractivity contribution in [3.8, 4) is 5.75 Å². The molecule has 23 heavy (non-hydrogen) atoms. The Morgan fingerprint density at radius 2 is 2.09 bits per heavy atom. The van der Waals surface area contributed by atoms with Crippen molar-refractivity contribution in [1.29, 1.82) is 0 Å². The standard InChI is InChI=1S/C18H26N2O2.ClH/c1-13(14-6-8-19-9-7-14)10-18(21)20-16-11-15-4-2-3-5-17(15)22-12-16;/h2-5,13-14,16,19H,6-12H2,1H3,(H,20,21);1H. The first-order valence-electron chi connectivity index (χ1n) is 8.43. The molecule has 0 bridgehead atoms. The number of hydrogen-bond acceptors (Lipinski definition) is 3. The van der Waals surface area contributed by atoms with Crippen molar-refractivity contribution in [3.63, 3.8) is 0 Å². The summed E-state index contributed by atoms with van der Waals surface area (Å²) >= 11 is 0. The number of carbonyl (C=O) groups is 1. The molecule has 0 aromatic heterocycles. The van der Waals surface area contributed by atoms with Gasteiger partial charge in [-0.3, -0.25) is 4.79 Å². The monoisotopic (exact) mass is 338 g/mol. The van der Waals surface area contributed by atoms with Crippen molar-refractivity contribution >= 4 is 18.3 Å². The quantitative estimate of drug-likeness (QED) is 0.887. The average Bonchev–Trinajstić information content (AvgIpc) is 2.55. The minimum atomic E-state index is 0. The molecule has 5 heteroatoms. The highest BCUT2D eigenvalue weighted by atomic mass is 35.5. The van der Waals surface area contributed by atoms with Crippen LogP contribution in [0.25, 0.3) is 0 Å². The molecule has 1 amide bonds. The van der Waals surface area contributed by atoms with Crippen LogP contribution in [0, 0.1) is 11.8 Å². The molecule has 4 nitrogen and oxygen atoms in total. The third kappa shape index (κ3) is 4.85. The van der Waals surface area contributed by atoms with Crippen LogP contribution in [-0.2, 0) is 11.2 Å². The number of ether oxygens (including phenoxy) is 1. The van der Waals surface area contributed by atoms with Gasteiger partial charge in [0.2, 0.25) is 5.91 Å². The summed E-state index contributed by atoms with van der Waals surface area (Å²) in [7, 11) is 0. The zero-order valence-corrected chi connectivity index (χ0v) is 14.5. The number of para-hydroxylation sites is 1. The Morgan fingerprint density at radius 3 is 2.87 bits per heavy atom. The summed E-state index contributed by atoms with van der Waals surface area (Å²) in [5.41, 5.74) is 1.19. The normalized spacial score (nSPS) is 22.2. The van der Waals surface area contributed by atoms with Crippen molar-refractivity contribution < 1.29 is 9.53 Å². The Balaban J connectivity index is 0.00000192. The fraction of sp³-hybridized carbons (Fsp3) is 0.611. The van der Waals surface area contributed by atoms with Gasteiger partial charge in [0.1, 0.15) is 12.4 Å². The largest absolute Gasteiger partial charge is 0.491 e. The highest BCUT2D eigenvalue weighted by Gasteiger charge is 2.25. The molecule has 128 valence electrons. The molecule has 1 saturated heterocycles. The van der Waals surface area contributed by atoms with Gasteiger partial charge in [0.05, 0.1) is 6.04 Å². The maximum Gasteiger partial charge on any atom is 0.220 e. The number of fused-ring (bicyclic) bond motifs is 1. The SMILES string of the molecule is CC(CC(=O)NC1COc2ccccc2C1)C1CCNCC1.Cl. The van der Waals surface area contributed by atoms with E-state index in [1.165, 1.54) is 18.4 Å². The van der Waals surface area contributed by atoms with E-state index in [1.807, 2.05) is 18.2 Å².